The second kappa shape index (κ2) is 9.93. The number of hydrogen-bond acceptors (Lipinski definition) is 3. The molecule has 1 N–H and O–H groups in total. The highest BCUT2D eigenvalue weighted by atomic mass is 16.5. The van der Waals surface area contributed by atoms with Gasteiger partial charge in [0.25, 0.3) is 0 Å². The van der Waals surface area contributed by atoms with Crippen LogP contribution in [0.2, 0.25) is 0 Å². The number of carbonyl (C=O) groups excluding carboxylic acids is 1. The Balaban J connectivity index is 2.43. The van der Waals surface area contributed by atoms with Crippen molar-refractivity contribution in [2.75, 3.05) is 41.8 Å². The van der Waals surface area contributed by atoms with E-state index in [2.05, 4.69) is 59.3 Å². The van der Waals surface area contributed by atoms with E-state index in [1.807, 2.05) is 30.3 Å². The molecule has 1 rings (SSSR count). The van der Waals surface area contributed by atoms with E-state index < -0.39 is 0 Å². The summed E-state index contributed by atoms with van der Waals surface area (Å²) in [5.74, 6) is 0. The fourth-order valence-electron chi connectivity index (χ4n) is 2.82. The number of alkyl carbamates (subject to hydrolysis) is 1. The van der Waals surface area contributed by atoms with E-state index in [1.54, 1.807) is 0 Å². The highest BCUT2D eigenvalue weighted by Gasteiger charge is 2.24. The monoisotopic (exact) mass is 364 g/mol. The Morgan fingerprint density at radius 3 is 2.31 bits per heavy atom. The van der Waals surface area contributed by atoms with Gasteiger partial charge in [-0.05, 0) is 46.3 Å². The van der Waals surface area contributed by atoms with Gasteiger partial charge in [0.1, 0.15) is 6.61 Å². The van der Waals surface area contributed by atoms with Crippen LogP contribution in [0.3, 0.4) is 0 Å². The fraction of sp³-hybridized carbons (Fsp3) is 0.667. The van der Waals surface area contributed by atoms with Crippen LogP contribution in [0, 0.1) is 0 Å². The topological polar surface area (TPSA) is 41.6 Å². The molecule has 148 valence electrons. The van der Waals surface area contributed by atoms with Gasteiger partial charge in [0.2, 0.25) is 0 Å². The molecule has 0 aliphatic carbocycles. The predicted octanol–water partition coefficient (Wildman–Crippen LogP) is 3.50. The molecule has 0 heterocycles. The number of hydrogen-bond donors (Lipinski definition) is 1. The normalized spacial score (nSPS) is 13.5. The third-order valence-corrected chi connectivity index (χ3v) is 4.62. The summed E-state index contributed by atoms with van der Waals surface area (Å²) in [6, 6.07) is 10.2. The minimum absolute atomic E-state index is 0.293. The number of quaternary nitrogens is 1. The average molecular weight is 365 g/mol. The van der Waals surface area contributed by atoms with Crippen LogP contribution in [0.4, 0.5) is 4.79 Å². The molecule has 5 heteroatoms. The van der Waals surface area contributed by atoms with Crippen LogP contribution >= 0.6 is 0 Å². The summed E-state index contributed by atoms with van der Waals surface area (Å²) in [7, 11) is 10.9. The zero-order valence-electron chi connectivity index (χ0n) is 17.7. The summed E-state index contributed by atoms with van der Waals surface area (Å²) < 4.78 is 6.32. The predicted molar refractivity (Wildman–Crippen MR) is 108 cm³/mol. The molecule has 1 atom stereocenters. The highest BCUT2D eigenvalue weighted by molar-refractivity contribution is 5.68. The minimum atomic E-state index is -0.355. The van der Waals surface area contributed by atoms with Crippen LogP contribution in [0.15, 0.2) is 30.3 Å². The van der Waals surface area contributed by atoms with E-state index in [9.17, 15) is 4.79 Å². The van der Waals surface area contributed by atoms with Crippen molar-refractivity contribution in [2.24, 2.45) is 0 Å². The lowest BCUT2D eigenvalue weighted by Crippen LogP contribution is -2.45. The van der Waals surface area contributed by atoms with Crippen LogP contribution in [-0.4, -0.2) is 68.8 Å². The SMILES string of the molecule is CN(C)C(CCC(C)(C)NC(=O)OCc1ccccc1)CC[N+](C)(C)C. The molecule has 0 bridgehead atoms. The van der Waals surface area contributed by atoms with Gasteiger partial charge in [-0.1, -0.05) is 30.3 Å². The molecule has 0 aromatic heterocycles. The maximum Gasteiger partial charge on any atom is 0.407 e. The molecule has 0 spiro atoms. The van der Waals surface area contributed by atoms with Crippen molar-refractivity contribution in [1.29, 1.82) is 0 Å². The third-order valence-electron chi connectivity index (χ3n) is 4.62. The largest absolute Gasteiger partial charge is 0.445 e. The van der Waals surface area contributed by atoms with Crippen LogP contribution in [0.25, 0.3) is 0 Å². The minimum Gasteiger partial charge on any atom is -0.445 e. The molecule has 1 unspecified atom stereocenters. The Bertz CT molecular complexity index is 536. The molecule has 0 saturated heterocycles. The van der Waals surface area contributed by atoms with Crippen molar-refractivity contribution in [2.45, 2.75) is 51.3 Å². The molecule has 0 fully saturated rings. The lowest BCUT2D eigenvalue weighted by atomic mass is 9.94. The summed E-state index contributed by atoms with van der Waals surface area (Å²) >= 11 is 0. The highest BCUT2D eigenvalue weighted by Crippen LogP contribution is 2.18. The Kier molecular flexibility index (Phi) is 8.57. The van der Waals surface area contributed by atoms with Crippen LogP contribution in [0.5, 0.6) is 0 Å². The van der Waals surface area contributed by atoms with Crippen molar-refractivity contribution in [3.05, 3.63) is 35.9 Å². The molecule has 26 heavy (non-hydrogen) atoms. The molecule has 1 aromatic carbocycles. The summed E-state index contributed by atoms with van der Waals surface area (Å²) in [5, 5.41) is 3.01. The van der Waals surface area contributed by atoms with Gasteiger partial charge in [0.05, 0.1) is 27.7 Å². The summed E-state index contributed by atoms with van der Waals surface area (Å²) in [6.45, 7) is 5.55. The van der Waals surface area contributed by atoms with E-state index >= 15 is 0 Å². The molecule has 1 aromatic rings. The zero-order chi connectivity index (χ0) is 19.8. The first kappa shape index (κ1) is 22.5. The van der Waals surface area contributed by atoms with Gasteiger partial charge < -0.3 is 19.4 Å². The molecule has 5 nitrogen and oxygen atoms in total. The van der Waals surface area contributed by atoms with Crippen molar-refractivity contribution in [3.63, 3.8) is 0 Å². The first-order chi connectivity index (χ1) is 12.0. The summed E-state index contributed by atoms with van der Waals surface area (Å²) in [4.78, 5) is 14.4. The smallest absolute Gasteiger partial charge is 0.407 e. The van der Waals surface area contributed by atoms with E-state index in [4.69, 9.17) is 4.74 Å². The molecule has 0 aliphatic rings. The van der Waals surface area contributed by atoms with Gasteiger partial charge in [-0.25, -0.2) is 4.79 Å². The van der Waals surface area contributed by atoms with Crippen molar-refractivity contribution in [1.82, 2.24) is 10.2 Å². The number of benzene rings is 1. The number of rotatable bonds is 10. The Hall–Kier alpha value is -1.59. The number of nitrogens with one attached hydrogen (secondary N) is 1. The Morgan fingerprint density at radius 2 is 1.77 bits per heavy atom. The first-order valence-electron chi connectivity index (χ1n) is 9.44. The molecule has 0 aliphatic heterocycles. The van der Waals surface area contributed by atoms with Gasteiger partial charge in [-0.15, -0.1) is 0 Å². The van der Waals surface area contributed by atoms with E-state index in [0.717, 1.165) is 35.9 Å². The number of nitrogens with zero attached hydrogens (tertiary/aromatic N) is 2. The second-order valence-corrected chi connectivity index (χ2v) is 9.03. The van der Waals surface area contributed by atoms with Gasteiger partial charge in [0, 0.05) is 18.0 Å². The molecule has 0 radical (unpaired) electrons. The first-order valence-corrected chi connectivity index (χ1v) is 9.44. The second-order valence-electron chi connectivity index (χ2n) is 9.03. The van der Waals surface area contributed by atoms with Crippen LogP contribution in [-0.2, 0) is 11.3 Å². The summed E-state index contributed by atoms with van der Waals surface area (Å²) in [6.07, 6.45) is 2.74. The molecule has 1 amide bonds. The average Bonchev–Trinajstić information content (AvgIpc) is 2.52. The van der Waals surface area contributed by atoms with Gasteiger partial charge in [-0.2, -0.15) is 0 Å². The number of amides is 1. The van der Waals surface area contributed by atoms with Crippen LogP contribution in [0.1, 0.15) is 38.7 Å². The fourth-order valence-corrected chi connectivity index (χ4v) is 2.82. The summed E-state index contributed by atoms with van der Waals surface area (Å²) in [5.41, 5.74) is 0.701. The molecule has 0 saturated carbocycles. The molecular weight excluding hydrogens is 326 g/mol. The quantitative estimate of drug-likeness (QED) is 0.646. The van der Waals surface area contributed by atoms with Crippen molar-refractivity contribution >= 4 is 6.09 Å². The Labute approximate surface area is 159 Å². The Morgan fingerprint density at radius 1 is 1.15 bits per heavy atom. The van der Waals surface area contributed by atoms with Gasteiger partial charge >= 0.3 is 6.09 Å². The number of carbonyl (C=O) groups is 1. The van der Waals surface area contributed by atoms with E-state index in [0.29, 0.717) is 12.6 Å². The zero-order valence-corrected chi connectivity index (χ0v) is 17.7. The maximum absolute atomic E-state index is 12.1. The lowest BCUT2D eigenvalue weighted by molar-refractivity contribution is -0.870. The van der Waals surface area contributed by atoms with E-state index in [-0.39, 0.29) is 11.6 Å². The third kappa shape index (κ3) is 9.78. The standard InChI is InChI=1S/C21H37N3O2/c1-21(2,15-13-19(23(3)4)14-16-24(5,6)7)22-20(25)26-17-18-11-9-8-10-12-18/h8-12,19H,13-17H2,1-7H3/p+1. The van der Waals surface area contributed by atoms with Crippen LogP contribution < -0.4 is 5.32 Å². The van der Waals surface area contributed by atoms with Crippen molar-refractivity contribution in [3.8, 4) is 0 Å². The number of ether oxygens (including phenoxy) is 1. The van der Waals surface area contributed by atoms with Gasteiger partial charge in [0.15, 0.2) is 0 Å². The van der Waals surface area contributed by atoms with Crippen molar-refractivity contribution < 1.29 is 14.0 Å². The van der Waals surface area contributed by atoms with E-state index in [1.165, 1.54) is 0 Å². The van der Waals surface area contributed by atoms with Gasteiger partial charge in [-0.3, -0.25) is 0 Å². The maximum atomic E-state index is 12.1. The lowest BCUT2D eigenvalue weighted by Gasteiger charge is -2.32. The molecular formula is C21H38N3O2+.